The summed E-state index contributed by atoms with van der Waals surface area (Å²) in [5.74, 6) is -0.582. The number of anilines is 1. The van der Waals surface area contributed by atoms with E-state index in [0.717, 1.165) is 5.39 Å². The number of carboxylic acids is 1. The molecule has 0 saturated heterocycles. The molecule has 0 amide bonds. The predicted octanol–water partition coefficient (Wildman–Crippen LogP) is 1.60. The van der Waals surface area contributed by atoms with Crippen molar-refractivity contribution in [3.8, 4) is 6.07 Å². The Bertz CT molecular complexity index is 617. The largest absolute Gasteiger partial charge is 0.480 e. The number of nitrogens with zero attached hydrogens (tertiary/aromatic N) is 2. The number of carboxylic acid groups (broad SMARTS) is 1. The molecule has 1 heterocycles. The van der Waals surface area contributed by atoms with Crippen LogP contribution < -0.4 is 5.32 Å². The van der Waals surface area contributed by atoms with Gasteiger partial charge in [-0.25, -0.2) is 4.98 Å². The molecule has 2 N–H and O–H groups in total. The second-order valence-corrected chi connectivity index (χ2v) is 3.43. The van der Waals surface area contributed by atoms with E-state index in [4.69, 9.17) is 10.4 Å². The fraction of sp³-hybridized carbons (Fsp3) is 0.0833. The minimum Gasteiger partial charge on any atom is -0.480 e. The molecule has 0 bridgehead atoms. The predicted molar refractivity (Wildman–Crippen MR) is 62.6 cm³/mol. The number of nitriles is 1. The second-order valence-electron chi connectivity index (χ2n) is 3.43. The van der Waals surface area contributed by atoms with E-state index < -0.39 is 5.97 Å². The molecule has 5 heteroatoms. The van der Waals surface area contributed by atoms with Gasteiger partial charge in [-0.3, -0.25) is 4.79 Å². The normalized spacial score (nSPS) is 9.82. The van der Waals surface area contributed by atoms with E-state index in [2.05, 4.69) is 16.4 Å². The van der Waals surface area contributed by atoms with Gasteiger partial charge in [0.25, 0.3) is 0 Å². The average Bonchev–Trinajstić information content (AvgIpc) is 2.35. The highest BCUT2D eigenvalue weighted by atomic mass is 16.4. The van der Waals surface area contributed by atoms with Crippen molar-refractivity contribution in [3.63, 3.8) is 0 Å². The Morgan fingerprint density at radius 3 is 2.94 bits per heavy atom. The van der Waals surface area contributed by atoms with Crippen molar-refractivity contribution in [3.05, 3.63) is 35.9 Å². The first-order valence-electron chi connectivity index (χ1n) is 4.96. The van der Waals surface area contributed by atoms with Gasteiger partial charge in [0.1, 0.15) is 12.4 Å². The molecule has 0 spiro atoms. The first-order valence-corrected chi connectivity index (χ1v) is 4.96. The van der Waals surface area contributed by atoms with E-state index in [1.54, 1.807) is 12.1 Å². The van der Waals surface area contributed by atoms with Crippen molar-refractivity contribution in [2.24, 2.45) is 0 Å². The van der Waals surface area contributed by atoms with Crippen LogP contribution in [-0.4, -0.2) is 22.6 Å². The van der Waals surface area contributed by atoms with Gasteiger partial charge in [-0.15, -0.1) is 0 Å². The molecule has 0 saturated carbocycles. The SMILES string of the molecule is N#Cc1cc(NCC(=O)O)nc2ccccc12. The van der Waals surface area contributed by atoms with Gasteiger partial charge in [-0.1, -0.05) is 18.2 Å². The number of rotatable bonds is 3. The monoisotopic (exact) mass is 227 g/mol. The Morgan fingerprint density at radius 1 is 1.47 bits per heavy atom. The van der Waals surface area contributed by atoms with Gasteiger partial charge in [0.15, 0.2) is 0 Å². The number of nitrogens with one attached hydrogen (secondary N) is 1. The molecule has 1 aromatic carbocycles. The lowest BCUT2D eigenvalue weighted by Gasteiger charge is -2.05. The van der Waals surface area contributed by atoms with Crippen LogP contribution in [0.5, 0.6) is 0 Å². The zero-order valence-corrected chi connectivity index (χ0v) is 8.84. The number of aromatic nitrogens is 1. The van der Waals surface area contributed by atoms with Gasteiger partial charge >= 0.3 is 5.97 Å². The number of hydrogen-bond acceptors (Lipinski definition) is 4. The maximum absolute atomic E-state index is 10.4. The van der Waals surface area contributed by atoms with Crippen molar-refractivity contribution in [2.45, 2.75) is 0 Å². The molecular formula is C12H9N3O2. The number of fused-ring (bicyclic) bond motifs is 1. The van der Waals surface area contributed by atoms with E-state index in [1.165, 1.54) is 0 Å². The Balaban J connectivity index is 2.46. The quantitative estimate of drug-likeness (QED) is 0.831. The molecule has 0 radical (unpaired) electrons. The molecule has 5 nitrogen and oxygen atoms in total. The molecular weight excluding hydrogens is 218 g/mol. The smallest absolute Gasteiger partial charge is 0.322 e. The van der Waals surface area contributed by atoms with Gasteiger partial charge in [-0.2, -0.15) is 5.26 Å². The first kappa shape index (κ1) is 10.9. The number of carbonyl (C=O) groups is 1. The topological polar surface area (TPSA) is 86.0 Å². The second kappa shape index (κ2) is 4.49. The Hall–Kier alpha value is -2.61. The maximum atomic E-state index is 10.4. The number of hydrogen-bond donors (Lipinski definition) is 2. The Kier molecular flexibility index (Phi) is 2.88. The summed E-state index contributed by atoms with van der Waals surface area (Å²) in [6.45, 7) is -0.226. The Labute approximate surface area is 97.3 Å². The summed E-state index contributed by atoms with van der Waals surface area (Å²) >= 11 is 0. The van der Waals surface area contributed by atoms with Crippen molar-refractivity contribution in [1.29, 1.82) is 5.26 Å². The summed E-state index contributed by atoms with van der Waals surface area (Å²) in [6, 6.07) is 10.9. The van der Waals surface area contributed by atoms with Gasteiger partial charge in [0, 0.05) is 5.39 Å². The minimum atomic E-state index is -0.974. The highest BCUT2D eigenvalue weighted by Crippen LogP contribution is 2.19. The van der Waals surface area contributed by atoms with Gasteiger partial charge < -0.3 is 10.4 Å². The van der Waals surface area contributed by atoms with E-state index in [-0.39, 0.29) is 6.54 Å². The number of benzene rings is 1. The van der Waals surface area contributed by atoms with Crippen LogP contribution in [0.2, 0.25) is 0 Å². The molecule has 2 aromatic rings. The van der Waals surface area contributed by atoms with Crippen molar-refractivity contribution >= 4 is 22.7 Å². The molecule has 0 aliphatic carbocycles. The average molecular weight is 227 g/mol. The molecule has 0 aliphatic rings. The van der Waals surface area contributed by atoms with Gasteiger partial charge in [0.2, 0.25) is 0 Å². The lowest BCUT2D eigenvalue weighted by atomic mass is 10.1. The molecule has 0 atom stereocenters. The fourth-order valence-corrected chi connectivity index (χ4v) is 1.52. The van der Waals surface area contributed by atoms with Crippen LogP contribution in [0.1, 0.15) is 5.56 Å². The number of aliphatic carboxylic acids is 1. The maximum Gasteiger partial charge on any atom is 0.322 e. The van der Waals surface area contributed by atoms with Crippen LogP contribution in [0.15, 0.2) is 30.3 Å². The molecule has 2 rings (SSSR count). The third-order valence-corrected chi connectivity index (χ3v) is 2.26. The van der Waals surface area contributed by atoms with Crippen LogP contribution in [0.25, 0.3) is 10.9 Å². The summed E-state index contributed by atoms with van der Waals surface area (Å²) in [5, 5.41) is 21.0. The molecule has 1 aromatic heterocycles. The Morgan fingerprint density at radius 2 is 2.24 bits per heavy atom. The number of para-hydroxylation sites is 1. The van der Waals surface area contributed by atoms with Crippen LogP contribution in [0.3, 0.4) is 0 Å². The third kappa shape index (κ3) is 2.32. The fourth-order valence-electron chi connectivity index (χ4n) is 1.52. The lowest BCUT2D eigenvalue weighted by Crippen LogP contribution is -2.13. The van der Waals surface area contributed by atoms with E-state index in [9.17, 15) is 4.79 Å². The zero-order chi connectivity index (χ0) is 12.3. The van der Waals surface area contributed by atoms with E-state index in [0.29, 0.717) is 16.9 Å². The van der Waals surface area contributed by atoms with Crippen molar-refractivity contribution in [2.75, 3.05) is 11.9 Å². The van der Waals surface area contributed by atoms with Crippen LogP contribution in [-0.2, 0) is 4.79 Å². The summed E-state index contributed by atoms with van der Waals surface area (Å²) < 4.78 is 0. The molecule has 17 heavy (non-hydrogen) atoms. The first-order chi connectivity index (χ1) is 8.20. The highest BCUT2D eigenvalue weighted by molar-refractivity contribution is 5.86. The zero-order valence-electron chi connectivity index (χ0n) is 8.84. The van der Waals surface area contributed by atoms with Gasteiger partial charge in [-0.05, 0) is 12.1 Å². The molecule has 84 valence electrons. The summed E-state index contributed by atoms with van der Waals surface area (Å²) in [5.41, 5.74) is 1.14. The van der Waals surface area contributed by atoms with Crippen molar-refractivity contribution in [1.82, 2.24) is 4.98 Å². The van der Waals surface area contributed by atoms with Crippen LogP contribution >= 0.6 is 0 Å². The molecule has 0 aliphatic heterocycles. The summed E-state index contributed by atoms with van der Waals surface area (Å²) in [7, 11) is 0. The lowest BCUT2D eigenvalue weighted by molar-refractivity contribution is -0.134. The summed E-state index contributed by atoms with van der Waals surface area (Å²) in [6.07, 6.45) is 0. The summed E-state index contributed by atoms with van der Waals surface area (Å²) in [4.78, 5) is 14.7. The van der Waals surface area contributed by atoms with Crippen LogP contribution in [0, 0.1) is 11.3 Å². The number of pyridine rings is 1. The molecule has 0 fully saturated rings. The third-order valence-electron chi connectivity index (χ3n) is 2.26. The highest BCUT2D eigenvalue weighted by Gasteiger charge is 2.05. The standard InChI is InChI=1S/C12H9N3O2/c13-6-8-5-11(14-7-12(16)17)15-10-4-2-1-3-9(8)10/h1-5H,7H2,(H,14,15)(H,16,17). The van der Waals surface area contributed by atoms with Crippen LogP contribution in [0.4, 0.5) is 5.82 Å². The van der Waals surface area contributed by atoms with Gasteiger partial charge in [0.05, 0.1) is 17.1 Å². The van der Waals surface area contributed by atoms with E-state index >= 15 is 0 Å². The minimum absolute atomic E-state index is 0.226. The molecule has 0 unspecified atom stereocenters. The van der Waals surface area contributed by atoms with E-state index in [1.807, 2.05) is 18.2 Å². The van der Waals surface area contributed by atoms with Crippen molar-refractivity contribution < 1.29 is 9.90 Å².